The highest BCUT2D eigenvalue weighted by Crippen LogP contribution is 2.22. The van der Waals surface area contributed by atoms with Gasteiger partial charge in [-0.1, -0.05) is 6.07 Å². The molecule has 0 aliphatic carbocycles. The van der Waals surface area contributed by atoms with Gasteiger partial charge in [0.15, 0.2) is 9.84 Å². The third kappa shape index (κ3) is 2.55. The van der Waals surface area contributed by atoms with Crippen molar-refractivity contribution in [3.05, 3.63) is 35.4 Å². The number of ether oxygens (including phenoxy) is 1. The standard InChI is InChI=1S/C11H13NO3S/c1-15-11-4-2-3-9(7-11)12-10-5-6-16(13,14)8-10/h2-4,7-8,12H,5-6H2,1H3. The molecular weight excluding hydrogens is 226 g/mol. The summed E-state index contributed by atoms with van der Waals surface area (Å²) in [5.74, 6) is 0.936. The van der Waals surface area contributed by atoms with Gasteiger partial charge in [-0.2, -0.15) is 0 Å². The van der Waals surface area contributed by atoms with Crippen molar-refractivity contribution in [2.45, 2.75) is 6.42 Å². The molecule has 0 saturated carbocycles. The molecule has 2 rings (SSSR count). The number of nitrogens with one attached hydrogen (secondary N) is 1. The van der Waals surface area contributed by atoms with E-state index in [0.29, 0.717) is 6.42 Å². The van der Waals surface area contributed by atoms with Crippen LogP contribution in [0.15, 0.2) is 35.4 Å². The molecule has 0 unspecified atom stereocenters. The van der Waals surface area contributed by atoms with Crippen molar-refractivity contribution >= 4 is 15.5 Å². The molecule has 0 atom stereocenters. The van der Waals surface area contributed by atoms with Crippen molar-refractivity contribution in [2.75, 3.05) is 18.2 Å². The molecule has 1 aromatic carbocycles. The summed E-state index contributed by atoms with van der Waals surface area (Å²) >= 11 is 0. The van der Waals surface area contributed by atoms with Gasteiger partial charge in [-0.05, 0) is 12.1 Å². The molecule has 0 radical (unpaired) electrons. The molecule has 16 heavy (non-hydrogen) atoms. The largest absolute Gasteiger partial charge is 0.497 e. The van der Waals surface area contributed by atoms with Crippen LogP contribution in [0.1, 0.15) is 6.42 Å². The van der Waals surface area contributed by atoms with E-state index in [2.05, 4.69) is 5.32 Å². The van der Waals surface area contributed by atoms with Crippen LogP contribution >= 0.6 is 0 Å². The summed E-state index contributed by atoms with van der Waals surface area (Å²) in [7, 11) is -1.39. The molecule has 0 aromatic heterocycles. The quantitative estimate of drug-likeness (QED) is 0.873. The van der Waals surface area contributed by atoms with Gasteiger partial charge < -0.3 is 10.1 Å². The van der Waals surface area contributed by atoms with Crippen LogP contribution in [0.3, 0.4) is 0 Å². The minimum absolute atomic E-state index is 0.194. The van der Waals surface area contributed by atoms with Crippen LogP contribution < -0.4 is 10.1 Å². The van der Waals surface area contributed by atoms with E-state index in [-0.39, 0.29) is 5.75 Å². The number of benzene rings is 1. The first-order valence-electron chi connectivity index (χ1n) is 4.93. The Labute approximate surface area is 94.8 Å². The predicted molar refractivity (Wildman–Crippen MR) is 63.1 cm³/mol. The Morgan fingerprint density at radius 2 is 2.19 bits per heavy atom. The molecule has 1 aliphatic heterocycles. The lowest BCUT2D eigenvalue weighted by molar-refractivity contribution is 0.415. The van der Waals surface area contributed by atoms with Crippen molar-refractivity contribution in [3.63, 3.8) is 0 Å². The lowest BCUT2D eigenvalue weighted by atomic mass is 10.3. The molecule has 5 heteroatoms. The van der Waals surface area contributed by atoms with Crippen LogP contribution in [0, 0.1) is 0 Å². The summed E-state index contributed by atoms with van der Waals surface area (Å²) < 4.78 is 27.5. The Kier molecular flexibility index (Phi) is 2.87. The monoisotopic (exact) mass is 239 g/mol. The topological polar surface area (TPSA) is 55.4 Å². The van der Waals surface area contributed by atoms with Crippen LogP contribution in [0.5, 0.6) is 5.75 Å². The fraction of sp³-hybridized carbons (Fsp3) is 0.273. The lowest BCUT2D eigenvalue weighted by Gasteiger charge is -2.07. The zero-order valence-corrected chi connectivity index (χ0v) is 9.75. The Balaban J connectivity index is 2.16. The SMILES string of the molecule is COc1cccc(NC2=CS(=O)(=O)CC2)c1. The normalized spacial score (nSPS) is 17.9. The van der Waals surface area contributed by atoms with Gasteiger partial charge in [0.2, 0.25) is 0 Å². The van der Waals surface area contributed by atoms with Crippen molar-refractivity contribution < 1.29 is 13.2 Å². The van der Waals surface area contributed by atoms with Gasteiger partial charge in [-0.25, -0.2) is 8.42 Å². The third-order valence-electron chi connectivity index (χ3n) is 2.35. The van der Waals surface area contributed by atoms with Crippen LogP contribution in [0.4, 0.5) is 5.69 Å². The Morgan fingerprint density at radius 3 is 2.81 bits per heavy atom. The van der Waals surface area contributed by atoms with E-state index in [1.54, 1.807) is 7.11 Å². The average Bonchev–Trinajstić information content (AvgIpc) is 2.58. The fourth-order valence-electron chi connectivity index (χ4n) is 1.56. The van der Waals surface area contributed by atoms with Gasteiger partial charge in [-0.3, -0.25) is 0 Å². The summed E-state index contributed by atoms with van der Waals surface area (Å²) in [5, 5.41) is 4.37. The molecule has 1 aliphatic rings. The number of allylic oxidation sites excluding steroid dienone is 1. The van der Waals surface area contributed by atoms with Gasteiger partial charge in [0.05, 0.1) is 12.9 Å². The zero-order chi connectivity index (χ0) is 11.6. The summed E-state index contributed by atoms with van der Waals surface area (Å²) in [6.45, 7) is 0. The second-order valence-electron chi connectivity index (χ2n) is 3.62. The smallest absolute Gasteiger partial charge is 0.173 e. The highest BCUT2D eigenvalue weighted by molar-refractivity contribution is 7.94. The van der Waals surface area contributed by atoms with Gasteiger partial charge in [0.25, 0.3) is 0 Å². The molecule has 0 bridgehead atoms. The van der Waals surface area contributed by atoms with Gasteiger partial charge in [-0.15, -0.1) is 0 Å². The molecule has 0 saturated heterocycles. The van der Waals surface area contributed by atoms with E-state index in [0.717, 1.165) is 17.1 Å². The van der Waals surface area contributed by atoms with E-state index < -0.39 is 9.84 Å². The van der Waals surface area contributed by atoms with Gasteiger partial charge >= 0.3 is 0 Å². The number of hydrogen-bond acceptors (Lipinski definition) is 4. The van der Waals surface area contributed by atoms with Gasteiger partial charge in [0, 0.05) is 29.3 Å². The minimum atomic E-state index is -2.99. The first kappa shape index (κ1) is 11.0. The minimum Gasteiger partial charge on any atom is -0.497 e. The highest BCUT2D eigenvalue weighted by atomic mass is 32.2. The third-order valence-corrected chi connectivity index (χ3v) is 3.77. The first-order chi connectivity index (χ1) is 7.59. The van der Waals surface area contributed by atoms with E-state index in [1.807, 2.05) is 24.3 Å². The van der Waals surface area contributed by atoms with Crippen molar-refractivity contribution in [1.82, 2.24) is 0 Å². The summed E-state index contributed by atoms with van der Waals surface area (Å²) in [6.07, 6.45) is 0.541. The first-order valence-corrected chi connectivity index (χ1v) is 6.65. The summed E-state index contributed by atoms with van der Waals surface area (Å²) in [5.41, 5.74) is 1.57. The van der Waals surface area contributed by atoms with Crippen molar-refractivity contribution in [1.29, 1.82) is 0 Å². The zero-order valence-electron chi connectivity index (χ0n) is 8.93. The molecule has 1 heterocycles. The lowest BCUT2D eigenvalue weighted by Crippen LogP contribution is -1.97. The van der Waals surface area contributed by atoms with Gasteiger partial charge in [0.1, 0.15) is 5.75 Å². The average molecular weight is 239 g/mol. The van der Waals surface area contributed by atoms with Crippen LogP contribution in [-0.2, 0) is 9.84 Å². The van der Waals surface area contributed by atoms with E-state index in [9.17, 15) is 8.42 Å². The van der Waals surface area contributed by atoms with E-state index in [4.69, 9.17) is 4.74 Å². The molecule has 0 amide bonds. The van der Waals surface area contributed by atoms with Crippen LogP contribution in [0.25, 0.3) is 0 Å². The maximum absolute atomic E-state index is 11.2. The van der Waals surface area contributed by atoms with Crippen molar-refractivity contribution in [2.24, 2.45) is 0 Å². The number of sulfone groups is 1. The number of anilines is 1. The number of methoxy groups -OCH3 is 1. The highest BCUT2D eigenvalue weighted by Gasteiger charge is 2.18. The summed E-state index contributed by atoms with van der Waals surface area (Å²) in [6, 6.07) is 7.39. The number of hydrogen-bond donors (Lipinski definition) is 1. The molecular formula is C11H13NO3S. The van der Waals surface area contributed by atoms with Crippen molar-refractivity contribution in [3.8, 4) is 5.75 Å². The Morgan fingerprint density at radius 1 is 1.38 bits per heavy atom. The Bertz CT molecular complexity index is 520. The second-order valence-corrected chi connectivity index (χ2v) is 5.59. The molecule has 86 valence electrons. The van der Waals surface area contributed by atoms with Crippen LogP contribution in [0.2, 0.25) is 0 Å². The maximum atomic E-state index is 11.2. The predicted octanol–water partition coefficient (Wildman–Crippen LogP) is 1.77. The fourth-order valence-corrected chi connectivity index (χ4v) is 2.80. The van der Waals surface area contributed by atoms with E-state index in [1.165, 1.54) is 5.41 Å². The molecule has 0 spiro atoms. The van der Waals surface area contributed by atoms with E-state index >= 15 is 0 Å². The maximum Gasteiger partial charge on any atom is 0.173 e. The molecule has 1 aromatic rings. The molecule has 0 fully saturated rings. The Hall–Kier alpha value is -1.49. The number of rotatable bonds is 3. The molecule has 4 nitrogen and oxygen atoms in total. The molecule has 1 N–H and O–H groups in total. The summed E-state index contributed by atoms with van der Waals surface area (Å²) in [4.78, 5) is 0. The second kappa shape index (κ2) is 4.17. The van der Waals surface area contributed by atoms with Crippen LogP contribution in [-0.4, -0.2) is 21.3 Å².